The van der Waals surface area contributed by atoms with Crippen molar-refractivity contribution in [3.63, 3.8) is 0 Å². The van der Waals surface area contributed by atoms with Crippen molar-refractivity contribution >= 4 is 10.7 Å². The first-order valence-electron chi connectivity index (χ1n) is 2.86. The molecule has 0 aromatic heterocycles. The summed E-state index contributed by atoms with van der Waals surface area (Å²) in [5, 5.41) is 0. The zero-order valence-corrected chi connectivity index (χ0v) is 9.35. The first-order valence-corrected chi connectivity index (χ1v) is 3.94. The van der Waals surface area contributed by atoms with E-state index in [0.717, 1.165) is 5.56 Å². The van der Waals surface area contributed by atoms with E-state index >= 15 is 0 Å². The molecule has 0 aliphatic carbocycles. The Kier molecular flexibility index (Phi) is 5.01. The molecule has 0 bridgehead atoms. The topological polar surface area (TPSA) is 34.1 Å². The average molecular weight is 178 g/mol. The molecule has 0 unspecified atom stereocenters. The first kappa shape index (κ1) is 11.2. The molecule has 0 aliphatic rings. The van der Waals surface area contributed by atoms with Crippen molar-refractivity contribution in [3.05, 3.63) is 29.8 Å². The summed E-state index contributed by atoms with van der Waals surface area (Å²) in [6.45, 7) is 1.77. The van der Waals surface area contributed by atoms with Crippen LogP contribution < -0.4 is 29.6 Å². The smallest absolute Gasteiger partial charge is 0.420 e. The van der Waals surface area contributed by atoms with Crippen LogP contribution in [0.3, 0.4) is 0 Å². The molecule has 0 saturated carbocycles. The molecule has 2 nitrogen and oxygen atoms in total. The van der Waals surface area contributed by atoms with Gasteiger partial charge in [0, 0.05) is 0 Å². The molecule has 0 heterocycles. The second-order valence-corrected chi connectivity index (χ2v) is 2.91. The fourth-order valence-electron chi connectivity index (χ4n) is 0.743. The molecule has 0 spiro atoms. The van der Waals surface area contributed by atoms with E-state index in [1.165, 1.54) is 0 Å². The third kappa shape index (κ3) is 2.95. The van der Waals surface area contributed by atoms with Crippen molar-refractivity contribution in [2.75, 3.05) is 0 Å². The summed E-state index contributed by atoms with van der Waals surface area (Å²) in [7, 11) is -2.09. The molecular formula is C7H7NaO2S. The number of aryl methyl sites for hydroxylation is 1. The van der Waals surface area contributed by atoms with Gasteiger partial charge in [0.2, 0.25) is 0 Å². The van der Waals surface area contributed by atoms with E-state index in [-0.39, 0.29) is 29.6 Å². The van der Waals surface area contributed by atoms with Crippen molar-refractivity contribution < 1.29 is 38.0 Å². The number of hydrogen-bond acceptors (Lipinski definition) is 3. The largest absolute Gasteiger partial charge is 1.00 e. The van der Waals surface area contributed by atoms with E-state index in [1.54, 1.807) is 25.1 Å². The summed E-state index contributed by atoms with van der Waals surface area (Å²) < 4.78 is 20.8. The summed E-state index contributed by atoms with van der Waals surface area (Å²) >= 11 is 0. The van der Waals surface area contributed by atoms with Crippen molar-refractivity contribution in [2.45, 2.75) is 11.8 Å². The van der Waals surface area contributed by atoms with Gasteiger partial charge in [-0.15, -0.1) is 0 Å². The maximum Gasteiger partial charge on any atom is 1.00 e. The molecule has 11 heavy (non-hydrogen) atoms. The average Bonchev–Trinajstić information content (AvgIpc) is 1.88. The van der Waals surface area contributed by atoms with E-state index in [1.807, 2.05) is 6.07 Å². The van der Waals surface area contributed by atoms with Crippen LogP contribution in [0.1, 0.15) is 5.56 Å². The summed E-state index contributed by atoms with van der Waals surface area (Å²) in [6.07, 6.45) is 0. The molecule has 54 valence electrons. The third-order valence-electron chi connectivity index (χ3n) is 1.27. The van der Waals surface area contributed by atoms with Gasteiger partial charge in [-0.05, 0) is 17.6 Å². The molecular weight excluding hydrogens is 171 g/mol. The minimum atomic E-state index is -2.09. The first-order chi connectivity index (χ1) is 4.72. The molecule has 0 amide bonds. The van der Waals surface area contributed by atoms with Gasteiger partial charge >= 0.3 is 29.6 Å². The zero-order valence-electron chi connectivity index (χ0n) is 6.53. The van der Waals surface area contributed by atoms with Crippen molar-refractivity contribution in [3.8, 4) is 0 Å². The van der Waals surface area contributed by atoms with Gasteiger partial charge in [-0.25, -0.2) is 0 Å². The number of benzene rings is 1. The maximum absolute atomic E-state index is 10.4. The van der Waals surface area contributed by atoms with Crippen LogP contribution in [-0.2, 0) is 19.1 Å². The van der Waals surface area contributed by atoms with E-state index in [4.69, 9.17) is 0 Å². The number of rotatable bonds is 1. The summed E-state index contributed by atoms with van der Waals surface area (Å²) in [5.74, 6) is 0. The Bertz CT molecular complexity index is 299. The van der Waals surface area contributed by atoms with Crippen LogP contribution in [0.5, 0.6) is 0 Å². The monoisotopic (exact) mass is 178 g/mol. The molecule has 0 N–H and O–H groups in total. The standard InChI is InChI=1S/C7H7O2S.Na/c1-6-4-2-3-5-7(6)10(8)9;/h2-5H,1H3;/q-1;+1. The predicted octanol–water partition coefficient (Wildman–Crippen LogP) is -1.33. The van der Waals surface area contributed by atoms with Crippen LogP contribution in [0.25, 0.3) is 0 Å². The third-order valence-corrected chi connectivity index (χ3v) is 2.09. The van der Waals surface area contributed by atoms with Gasteiger partial charge in [-0.3, -0.25) is 0 Å². The van der Waals surface area contributed by atoms with Gasteiger partial charge in [0.25, 0.3) is 0 Å². The molecule has 0 atom stereocenters. The van der Waals surface area contributed by atoms with Crippen LogP contribution >= 0.6 is 0 Å². The molecule has 0 aliphatic heterocycles. The van der Waals surface area contributed by atoms with Crippen molar-refractivity contribution in [1.29, 1.82) is 0 Å². The van der Waals surface area contributed by atoms with Crippen LogP contribution in [0.4, 0.5) is 0 Å². The van der Waals surface area contributed by atoms with Crippen molar-refractivity contribution in [1.82, 2.24) is 0 Å². The maximum atomic E-state index is 10.4. The fourth-order valence-corrected chi connectivity index (χ4v) is 1.26. The molecule has 0 fully saturated rings. The summed E-state index contributed by atoms with van der Waals surface area (Å²) in [4.78, 5) is 0.377. The second kappa shape index (κ2) is 4.93. The summed E-state index contributed by atoms with van der Waals surface area (Å²) in [6, 6.07) is 6.87. The Labute approximate surface area is 89.9 Å². The normalized spacial score (nSPS) is 9.27. The van der Waals surface area contributed by atoms with E-state index < -0.39 is 10.7 Å². The minimum Gasteiger partial charge on any atom is -0.420 e. The van der Waals surface area contributed by atoms with Crippen LogP contribution in [-0.4, -0.2) is 0 Å². The Balaban J connectivity index is 0.000001000. The van der Waals surface area contributed by atoms with Crippen LogP contribution in [0.15, 0.2) is 29.2 Å². The van der Waals surface area contributed by atoms with Gasteiger partial charge in [-0.2, -0.15) is 0 Å². The van der Waals surface area contributed by atoms with Crippen LogP contribution in [0, 0.1) is 6.92 Å². The van der Waals surface area contributed by atoms with Crippen molar-refractivity contribution in [2.24, 2.45) is 0 Å². The van der Waals surface area contributed by atoms with Gasteiger partial charge in [0.15, 0.2) is 0 Å². The number of hydrogen-bond donors (Lipinski definition) is 0. The van der Waals surface area contributed by atoms with Gasteiger partial charge in [0.1, 0.15) is 0 Å². The molecule has 1 aromatic carbocycles. The predicted molar refractivity (Wildman–Crippen MR) is 38.2 cm³/mol. The van der Waals surface area contributed by atoms with E-state index in [9.17, 15) is 8.42 Å². The Hall–Kier alpha value is 0.170. The van der Waals surface area contributed by atoms with Gasteiger partial charge < -0.3 is 8.42 Å². The van der Waals surface area contributed by atoms with Gasteiger partial charge in [0.05, 0.1) is 0 Å². The Morgan fingerprint density at radius 3 is 2.09 bits per heavy atom. The van der Waals surface area contributed by atoms with E-state index in [0.29, 0.717) is 4.90 Å². The zero-order chi connectivity index (χ0) is 7.56. The second-order valence-electron chi connectivity index (χ2n) is 2.00. The van der Waals surface area contributed by atoms with E-state index in [2.05, 4.69) is 0 Å². The molecule has 4 heteroatoms. The summed E-state index contributed by atoms with van der Waals surface area (Å²) in [5.41, 5.74) is 0.788. The Morgan fingerprint density at radius 2 is 1.73 bits per heavy atom. The Morgan fingerprint density at radius 1 is 1.18 bits per heavy atom. The fraction of sp³-hybridized carbons (Fsp3) is 0.143. The molecule has 1 aromatic rings. The minimum absolute atomic E-state index is 0. The van der Waals surface area contributed by atoms with Crippen LogP contribution in [0.2, 0.25) is 0 Å². The van der Waals surface area contributed by atoms with Gasteiger partial charge in [-0.1, -0.05) is 34.7 Å². The molecule has 0 saturated heterocycles. The molecule has 0 radical (unpaired) electrons. The SMILES string of the molecule is Cc1ccccc1[S-](=O)=O.[Na+]. The molecule has 1 rings (SSSR count). The quantitative estimate of drug-likeness (QED) is 0.394.